The maximum Gasteiger partial charge on any atom is -0.00831 e. The third-order valence-corrected chi connectivity index (χ3v) is 2.41. The summed E-state index contributed by atoms with van der Waals surface area (Å²) in [5.74, 6) is 0. The molecule has 0 saturated carbocycles. The predicted octanol–water partition coefficient (Wildman–Crippen LogP) is 4.79. The van der Waals surface area contributed by atoms with Crippen LogP contribution in [-0.4, -0.2) is 0 Å². The van der Waals surface area contributed by atoms with E-state index in [1.54, 1.807) is 0 Å². The SMILES string of the molecule is C=C(C)c1cccc(C(=C)C)c1C(=C)C. The summed E-state index contributed by atoms with van der Waals surface area (Å²) in [6.45, 7) is 18.1. The summed E-state index contributed by atoms with van der Waals surface area (Å²) < 4.78 is 0. The fraction of sp³-hybridized carbons (Fsp3) is 0.200. The van der Waals surface area contributed by atoms with Crippen LogP contribution < -0.4 is 0 Å². The largest absolute Gasteiger partial charge is 0.0955 e. The van der Waals surface area contributed by atoms with Gasteiger partial charge < -0.3 is 0 Å². The maximum atomic E-state index is 4.03. The molecule has 78 valence electrons. The maximum absolute atomic E-state index is 4.03. The van der Waals surface area contributed by atoms with Gasteiger partial charge in [0.25, 0.3) is 0 Å². The van der Waals surface area contributed by atoms with Crippen LogP contribution in [0, 0.1) is 0 Å². The van der Waals surface area contributed by atoms with Crippen LogP contribution in [0.15, 0.2) is 37.9 Å². The van der Waals surface area contributed by atoms with Crippen molar-refractivity contribution in [2.45, 2.75) is 20.8 Å². The van der Waals surface area contributed by atoms with Crippen LogP contribution in [0.25, 0.3) is 16.7 Å². The number of allylic oxidation sites excluding steroid dienone is 3. The molecule has 0 amide bonds. The van der Waals surface area contributed by atoms with E-state index in [-0.39, 0.29) is 0 Å². The molecule has 0 heterocycles. The first kappa shape index (κ1) is 11.5. The minimum absolute atomic E-state index is 1.06. The standard InChI is InChI=1S/C15H18/c1-10(2)13-8-7-9-14(11(3)4)15(13)12(5)6/h7-9H,1,3,5H2,2,4,6H3. The van der Waals surface area contributed by atoms with Gasteiger partial charge in [-0.25, -0.2) is 0 Å². The highest BCUT2D eigenvalue weighted by Crippen LogP contribution is 2.30. The van der Waals surface area contributed by atoms with Gasteiger partial charge in [0.05, 0.1) is 0 Å². The molecule has 0 bridgehead atoms. The zero-order valence-corrected chi connectivity index (χ0v) is 9.85. The van der Waals surface area contributed by atoms with Gasteiger partial charge in [-0.05, 0) is 43.0 Å². The van der Waals surface area contributed by atoms with Gasteiger partial charge in [-0.2, -0.15) is 0 Å². The van der Waals surface area contributed by atoms with Crippen LogP contribution >= 0.6 is 0 Å². The zero-order chi connectivity index (χ0) is 11.6. The van der Waals surface area contributed by atoms with E-state index < -0.39 is 0 Å². The topological polar surface area (TPSA) is 0 Å². The van der Waals surface area contributed by atoms with E-state index in [0.717, 1.165) is 16.7 Å². The molecule has 1 aromatic rings. The fourth-order valence-corrected chi connectivity index (χ4v) is 1.72. The average Bonchev–Trinajstić information content (AvgIpc) is 2.16. The van der Waals surface area contributed by atoms with Crippen molar-refractivity contribution in [3.8, 4) is 0 Å². The molecule has 0 aliphatic heterocycles. The van der Waals surface area contributed by atoms with E-state index in [1.165, 1.54) is 16.7 Å². The second-order valence-electron chi connectivity index (χ2n) is 4.07. The zero-order valence-electron chi connectivity index (χ0n) is 9.85. The molecular weight excluding hydrogens is 180 g/mol. The highest BCUT2D eigenvalue weighted by atomic mass is 14.1. The summed E-state index contributed by atoms with van der Waals surface area (Å²) in [4.78, 5) is 0. The smallest absolute Gasteiger partial charge is 0.00831 e. The third-order valence-electron chi connectivity index (χ3n) is 2.41. The molecule has 0 unspecified atom stereocenters. The quantitative estimate of drug-likeness (QED) is 0.655. The Morgan fingerprint density at radius 1 is 0.800 bits per heavy atom. The van der Waals surface area contributed by atoms with Crippen molar-refractivity contribution >= 4 is 16.7 Å². The molecule has 0 fully saturated rings. The number of benzene rings is 1. The highest BCUT2D eigenvalue weighted by molar-refractivity contribution is 5.84. The lowest BCUT2D eigenvalue weighted by Gasteiger charge is -2.14. The lowest BCUT2D eigenvalue weighted by molar-refractivity contribution is 1.45. The Morgan fingerprint density at radius 3 is 1.47 bits per heavy atom. The lowest BCUT2D eigenvalue weighted by atomic mass is 9.90. The van der Waals surface area contributed by atoms with Crippen LogP contribution in [0.1, 0.15) is 37.5 Å². The molecule has 0 saturated heterocycles. The molecule has 0 nitrogen and oxygen atoms in total. The monoisotopic (exact) mass is 198 g/mol. The first-order valence-corrected chi connectivity index (χ1v) is 5.05. The summed E-state index contributed by atoms with van der Waals surface area (Å²) >= 11 is 0. The number of hydrogen-bond acceptors (Lipinski definition) is 0. The van der Waals surface area contributed by atoms with Gasteiger partial charge in [-0.3, -0.25) is 0 Å². The van der Waals surface area contributed by atoms with Gasteiger partial charge >= 0.3 is 0 Å². The molecular formula is C15H18. The van der Waals surface area contributed by atoms with Gasteiger partial charge in [-0.1, -0.05) is 49.1 Å². The molecule has 1 rings (SSSR count). The molecule has 0 radical (unpaired) electrons. The van der Waals surface area contributed by atoms with Gasteiger partial charge in [0, 0.05) is 0 Å². The van der Waals surface area contributed by atoms with E-state index >= 15 is 0 Å². The van der Waals surface area contributed by atoms with Crippen molar-refractivity contribution in [1.29, 1.82) is 0 Å². The minimum atomic E-state index is 1.06. The molecule has 0 spiro atoms. The summed E-state index contributed by atoms with van der Waals surface area (Å²) in [5, 5.41) is 0. The number of rotatable bonds is 3. The van der Waals surface area contributed by atoms with Gasteiger partial charge in [0.15, 0.2) is 0 Å². The van der Waals surface area contributed by atoms with Crippen LogP contribution in [0.5, 0.6) is 0 Å². The normalized spacial score (nSPS) is 9.80. The first-order chi connectivity index (χ1) is 6.95. The Bertz CT molecular complexity index is 401. The molecule has 0 aliphatic carbocycles. The lowest BCUT2D eigenvalue weighted by Crippen LogP contribution is -1.94. The van der Waals surface area contributed by atoms with E-state index in [9.17, 15) is 0 Å². The summed E-state index contributed by atoms with van der Waals surface area (Å²) in [6.07, 6.45) is 0. The molecule has 0 aliphatic rings. The summed E-state index contributed by atoms with van der Waals surface area (Å²) in [5.41, 5.74) is 6.71. The molecule has 0 aromatic heterocycles. The van der Waals surface area contributed by atoms with Crippen molar-refractivity contribution in [2.75, 3.05) is 0 Å². The Hall–Kier alpha value is -1.56. The van der Waals surface area contributed by atoms with Crippen molar-refractivity contribution in [3.05, 3.63) is 54.6 Å². The third kappa shape index (κ3) is 2.27. The minimum Gasteiger partial charge on any atom is -0.0955 e. The van der Waals surface area contributed by atoms with Gasteiger partial charge in [0.1, 0.15) is 0 Å². The molecule has 15 heavy (non-hydrogen) atoms. The van der Waals surface area contributed by atoms with Crippen molar-refractivity contribution in [1.82, 2.24) is 0 Å². The fourth-order valence-electron chi connectivity index (χ4n) is 1.72. The number of hydrogen-bond donors (Lipinski definition) is 0. The Labute approximate surface area is 92.6 Å². The van der Waals surface area contributed by atoms with Gasteiger partial charge in [-0.15, -0.1) is 0 Å². The van der Waals surface area contributed by atoms with Crippen LogP contribution in [0.2, 0.25) is 0 Å². The van der Waals surface area contributed by atoms with Crippen molar-refractivity contribution in [3.63, 3.8) is 0 Å². The molecule has 0 N–H and O–H groups in total. The van der Waals surface area contributed by atoms with Gasteiger partial charge in [0.2, 0.25) is 0 Å². The Kier molecular flexibility index (Phi) is 3.31. The average molecular weight is 198 g/mol. The second-order valence-corrected chi connectivity index (χ2v) is 4.07. The molecule has 0 atom stereocenters. The Morgan fingerprint density at radius 2 is 1.20 bits per heavy atom. The van der Waals surface area contributed by atoms with Crippen LogP contribution in [0.4, 0.5) is 0 Å². The summed E-state index contributed by atoms with van der Waals surface area (Å²) in [6, 6.07) is 6.21. The molecule has 1 aromatic carbocycles. The van der Waals surface area contributed by atoms with E-state index in [0.29, 0.717) is 0 Å². The second kappa shape index (κ2) is 4.31. The van der Waals surface area contributed by atoms with E-state index in [2.05, 4.69) is 31.9 Å². The highest BCUT2D eigenvalue weighted by Gasteiger charge is 2.09. The predicted molar refractivity (Wildman–Crippen MR) is 70.6 cm³/mol. The molecule has 0 heteroatoms. The van der Waals surface area contributed by atoms with Crippen molar-refractivity contribution in [2.24, 2.45) is 0 Å². The van der Waals surface area contributed by atoms with Crippen LogP contribution in [-0.2, 0) is 0 Å². The van der Waals surface area contributed by atoms with Crippen molar-refractivity contribution < 1.29 is 0 Å². The van der Waals surface area contributed by atoms with Crippen LogP contribution in [0.3, 0.4) is 0 Å². The van der Waals surface area contributed by atoms with E-state index in [1.807, 2.05) is 26.8 Å². The first-order valence-electron chi connectivity index (χ1n) is 5.05. The van der Waals surface area contributed by atoms with E-state index in [4.69, 9.17) is 0 Å². The Balaban J connectivity index is 3.56. The summed E-state index contributed by atoms with van der Waals surface area (Å²) in [7, 11) is 0.